The molecule has 0 fully saturated rings. The Hall–Kier alpha value is -2.02. The monoisotopic (exact) mass is 303 g/mol. The van der Waals surface area contributed by atoms with E-state index in [0.717, 1.165) is 11.1 Å². The Labute approximate surface area is 128 Å². The molecule has 0 saturated carbocycles. The van der Waals surface area contributed by atoms with Gasteiger partial charge in [-0.25, -0.2) is 4.39 Å². The first-order valence-electron chi connectivity index (χ1n) is 6.47. The van der Waals surface area contributed by atoms with Gasteiger partial charge in [-0.1, -0.05) is 35.6 Å². The van der Waals surface area contributed by atoms with Crippen molar-refractivity contribution in [3.63, 3.8) is 0 Å². The number of benzene rings is 2. The molecule has 0 saturated heterocycles. The molecule has 0 aliphatic rings. The van der Waals surface area contributed by atoms with E-state index in [1.165, 1.54) is 6.07 Å². The van der Waals surface area contributed by atoms with Crippen LogP contribution in [0.2, 0.25) is 5.02 Å². The number of halogens is 2. The SMILES string of the molecule is Cc1cc(C#CCN)ccc1OCc1cccc(F)c1Cl. The number of hydrogen-bond acceptors (Lipinski definition) is 2. The number of aryl methyl sites for hydroxylation is 1. The zero-order valence-electron chi connectivity index (χ0n) is 11.6. The Balaban J connectivity index is 2.12. The fourth-order valence-corrected chi connectivity index (χ4v) is 2.04. The van der Waals surface area contributed by atoms with E-state index >= 15 is 0 Å². The summed E-state index contributed by atoms with van der Waals surface area (Å²) in [4.78, 5) is 0. The van der Waals surface area contributed by atoms with Crippen molar-refractivity contribution in [1.29, 1.82) is 0 Å². The van der Waals surface area contributed by atoms with Crippen LogP contribution in [-0.4, -0.2) is 6.54 Å². The zero-order valence-corrected chi connectivity index (χ0v) is 12.4. The van der Waals surface area contributed by atoms with Gasteiger partial charge in [0.15, 0.2) is 0 Å². The quantitative estimate of drug-likeness (QED) is 0.878. The smallest absolute Gasteiger partial charge is 0.142 e. The molecule has 2 rings (SSSR count). The van der Waals surface area contributed by atoms with E-state index in [2.05, 4.69) is 11.8 Å². The number of hydrogen-bond donors (Lipinski definition) is 1. The molecule has 108 valence electrons. The van der Waals surface area contributed by atoms with Crippen LogP contribution in [0.5, 0.6) is 5.75 Å². The molecule has 0 bridgehead atoms. The molecule has 0 unspecified atom stereocenters. The van der Waals surface area contributed by atoms with Gasteiger partial charge in [0.05, 0.1) is 11.6 Å². The molecular weight excluding hydrogens is 289 g/mol. The molecule has 2 aromatic carbocycles. The Morgan fingerprint density at radius 1 is 1.29 bits per heavy atom. The summed E-state index contributed by atoms with van der Waals surface area (Å²) in [5.74, 6) is 6.04. The zero-order chi connectivity index (χ0) is 15.2. The van der Waals surface area contributed by atoms with Crippen LogP contribution in [0.15, 0.2) is 36.4 Å². The fourth-order valence-electron chi connectivity index (χ4n) is 1.86. The normalized spacial score (nSPS) is 9.90. The third-order valence-electron chi connectivity index (χ3n) is 2.92. The van der Waals surface area contributed by atoms with Gasteiger partial charge in [-0.15, -0.1) is 0 Å². The van der Waals surface area contributed by atoms with Crippen LogP contribution in [0.25, 0.3) is 0 Å². The highest BCUT2D eigenvalue weighted by Crippen LogP contribution is 2.24. The van der Waals surface area contributed by atoms with E-state index in [9.17, 15) is 4.39 Å². The summed E-state index contributed by atoms with van der Waals surface area (Å²) in [7, 11) is 0. The van der Waals surface area contributed by atoms with E-state index in [1.807, 2.05) is 25.1 Å². The molecule has 0 aliphatic heterocycles. The lowest BCUT2D eigenvalue weighted by molar-refractivity contribution is 0.303. The minimum Gasteiger partial charge on any atom is -0.489 e. The molecular formula is C17H15ClFNO. The van der Waals surface area contributed by atoms with Gasteiger partial charge in [0.25, 0.3) is 0 Å². The summed E-state index contributed by atoms with van der Waals surface area (Å²) in [5.41, 5.74) is 7.79. The second-order valence-electron chi connectivity index (χ2n) is 4.49. The van der Waals surface area contributed by atoms with Crippen LogP contribution in [0.4, 0.5) is 4.39 Å². The predicted octanol–water partition coefficient (Wildman–Crippen LogP) is 3.68. The van der Waals surface area contributed by atoms with Gasteiger partial charge in [-0.3, -0.25) is 0 Å². The average molecular weight is 304 g/mol. The third-order valence-corrected chi connectivity index (χ3v) is 3.35. The first-order valence-corrected chi connectivity index (χ1v) is 6.85. The molecule has 4 heteroatoms. The van der Waals surface area contributed by atoms with Crippen LogP contribution >= 0.6 is 11.6 Å². The Bertz CT molecular complexity index is 704. The molecule has 0 atom stereocenters. The summed E-state index contributed by atoms with van der Waals surface area (Å²) < 4.78 is 19.0. The maximum absolute atomic E-state index is 13.3. The highest BCUT2D eigenvalue weighted by atomic mass is 35.5. The van der Waals surface area contributed by atoms with E-state index in [0.29, 0.717) is 17.9 Å². The van der Waals surface area contributed by atoms with Crippen molar-refractivity contribution in [2.24, 2.45) is 5.73 Å². The lowest BCUT2D eigenvalue weighted by Gasteiger charge is -2.10. The number of nitrogens with two attached hydrogens (primary N) is 1. The van der Waals surface area contributed by atoms with Crippen LogP contribution in [-0.2, 0) is 6.61 Å². The van der Waals surface area contributed by atoms with Crippen molar-refractivity contribution in [3.05, 3.63) is 63.9 Å². The van der Waals surface area contributed by atoms with Gasteiger partial charge in [0, 0.05) is 11.1 Å². The lowest BCUT2D eigenvalue weighted by Crippen LogP contribution is -1.99. The van der Waals surface area contributed by atoms with E-state index in [-0.39, 0.29) is 11.6 Å². The molecule has 2 aromatic rings. The predicted molar refractivity (Wildman–Crippen MR) is 82.9 cm³/mol. The Morgan fingerprint density at radius 3 is 2.81 bits per heavy atom. The molecule has 0 aliphatic carbocycles. The van der Waals surface area contributed by atoms with E-state index < -0.39 is 5.82 Å². The lowest BCUT2D eigenvalue weighted by atomic mass is 10.1. The summed E-state index contributed by atoms with van der Waals surface area (Å²) in [6, 6.07) is 10.3. The first-order chi connectivity index (χ1) is 10.1. The van der Waals surface area contributed by atoms with Gasteiger partial charge < -0.3 is 10.5 Å². The summed E-state index contributed by atoms with van der Waals surface area (Å²) in [5, 5.41) is 0.0978. The number of rotatable bonds is 3. The minimum atomic E-state index is -0.443. The highest BCUT2D eigenvalue weighted by Gasteiger charge is 2.07. The summed E-state index contributed by atoms with van der Waals surface area (Å²) >= 11 is 5.90. The van der Waals surface area contributed by atoms with Gasteiger partial charge in [-0.2, -0.15) is 0 Å². The van der Waals surface area contributed by atoms with Crippen molar-refractivity contribution in [2.45, 2.75) is 13.5 Å². The van der Waals surface area contributed by atoms with Gasteiger partial charge in [0.2, 0.25) is 0 Å². The third kappa shape index (κ3) is 3.98. The van der Waals surface area contributed by atoms with Crippen LogP contribution < -0.4 is 10.5 Å². The largest absolute Gasteiger partial charge is 0.489 e. The fraction of sp³-hybridized carbons (Fsp3) is 0.176. The van der Waals surface area contributed by atoms with Crippen molar-refractivity contribution >= 4 is 11.6 Å². The minimum absolute atomic E-state index is 0.0978. The van der Waals surface area contributed by atoms with Crippen molar-refractivity contribution < 1.29 is 9.13 Å². The molecule has 0 radical (unpaired) electrons. The maximum Gasteiger partial charge on any atom is 0.142 e. The molecule has 0 amide bonds. The van der Waals surface area contributed by atoms with Gasteiger partial charge in [-0.05, 0) is 36.8 Å². The highest BCUT2D eigenvalue weighted by molar-refractivity contribution is 6.31. The first kappa shape index (κ1) is 15.4. The van der Waals surface area contributed by atoms with Gasteiger partial charge in [0.1, 0.15) is 18.2 Å². The topological polar surface area (TPSA) is 35.2 Å². The second kappa shape index (κ2) is 7.12. The molecule has 2 nitrogen and oxygen atoms in total. The van der Waals surface area contributed by atoms with Crippen molar-refractivity contribution in [2.75, 3.05) is 6.54 Å². The van der Waals surface area contributed by atoms with Crippen LogP contribution in [0.3, 0.4) is 0 Å². The van der Waals surface area contributed by atoms with Crippen LogP contribution in [0, 0.1) is 24.6 Å². The summed E-state index contributed by atoms with van der Waals surface area (Å²) in [6.07, 6.45) is 0. The average Bonchev–Trinajstić information content (AvgIpc) is 2.48. The summed E-state index contributed by atoms with van der Waals surface area (Å²) in [6.45, 7) is 2.47. The Kier molecular flexibility index (Phi) is 5.21. The number of ether oxygens (including phenoxy) is 1. The van der Waals surface area contributed by atoms with Gasteiger partial charge >= 0.3 is 0 Å². The van der Waals surface area contributed by atoms with E-state index in [1.54, 1.807) is 12.1 Å². The molecule has 0 heterocycles. The molecule has 2 N–H and O–H groups in total. The van der Waals surface area contributed by atoms with Crippen molar-refractivity contribution in [3.8, 4) is 17.6 Å². The van der Waals surface area contributed by atoms with Crippen molar-refractivity contribution in [1.82, 2.24) is 0 Å². The van der Waals surface area contributed by atoms with Crippen LogP contribution in [0.1, 0.15) is 16.7 Å². The molecule has 0 aromatic heterocycles. The standard InChI is InChI=1S/C17H15ClFNO/c1-12-10-13(4-3-9-20)7-8-16(12)21-11-14-5-2-6-15(19)17(14)18/h2,5-8,10H,9,11,20H2,1H3. The Morgan fingerprint density at radius 2 is 2.10 bits per heavy atom. The molecule has 0 spiro atoms. The second-order valence-corrected chi connectivity index (χ2v) is 4.87. The molecule has 21 heavy (non-hydrogen) atoms. The van der Waals surface area contributed by atoms with E-state index in [4.69, 9.17) is 22.1 Å². The maximum atomic E-state index is 13.3.